The SMILES string of the molecule is O=C(O)c1ccccc1.O=S(=O)(O)O.[NaH]. The Morgan fingerprint density at radius 1 is 1.07 bits per heavy atom. The Labute approximate surface area is 109 Å². The molecular weight excluding hydrogens is 235 g/mol. The molecule has 0 fully saturated rings. The summed E-state index contributed by atoms with van der Waals surface area (Å²) < 4.78 is 31.6. The molecule has 0 spiro atoms. The summed E-state index contributed by atoms with van der Waals surface area (Å²) in [6.45, 7) is 0. The quantitative estimate of drug-likeness (QED) is 0.476. The van der Waals surface area contributed by atoms with Gasteiger partial charge < -0.3 is 5.11 Å². The fourth-order valence-corrected chi connectivity index (χ4v) is 0.581. The van der Waals surface area contributed by atoms with E-state index in [1.54, 1.807) is 30.3 Å². The van der Waals surface area contributed by atoms with E-state index in [1.807, 2.05) is 0 Å². The third-order valence-electron chi connectivity index (χ3n) is 1.02. The Kier molecular flexibility index (Phi) is 8.83. The summed E-state index contributed by atoms with van der Waals surface area (Å²) in [7, 11) is -4.67. The Bertz CT molecular complexity index is 379. The molecule has 1 aromatic carbocycles. The maximum absolute atomic E-state index is 10.2. The molecule has 0 bridgehead atoms. The van der Waals surface area contributed by atoms with Gasteiger partial charge in [0.2, 0.25) is 0 Å². The molecule has 3 N–H and O–H groups in total. The maximum atomic E-state index is 10.2. The molecule has 0 aliphatic carbocycles. The van der Waals surface area contributed by atoms with Gasteiger partial charge in [0.05, 0.1) is 5.56 Å². The predicted molar refractivity (Wildman–Crippen MR) is 54.7 cm³/mol. The van der Waals surface area contributed by atoms with Gasteiger partial charge in [0.15, 0.2) is 0 Å². The molecule has 6 nitrogen and oxygen atoms in total. The van der Waals surface area contributed by atoms with E-state index in [0.29, 0.717) is 5.56 Å². The summed E-state index contributed by atoms with van der Waals surface area (Å²) in [5.74, 6) is -0.879. The molecule has 8 heteroatoms. The first-order valence-electron chi connectivity index (χ1n) is 3.29. The zero-order valence-corrected chi connectivity index (χ0v) is 7.68. The van der Waals surface area contributed by atoms with Crippen molar-refractivity contribution in [2.24, 2.45) is 0 Å². The Morgan fingerprint density at radius 3 is 1.60 bits per heavy atom. The standard InChI is InChI=1S/C7H6O2.Na.H2O4S.H/c8-7(9)6-4-2-1-3-5-6;;1-5(2,3)4;/h1-5H,(H,8,9);;(H2,1,2,3,4);. The Balaban J connectivity index is 0. The van der Waals surface area contributed by atoms with E-state index >= 15 is 0 Å². The number of carboxylic acids is 1. The molecule has 0 aromatic heterocycles. The Morgan fingerprint density at radius 2 is 1.40 bits per heavy atom. The van der Waals surface area contributed by atoms with Crippen molar-refractivity contribution in [3.05, 3.63) is 35.9 Å². The van der Waals surface area contributed by atoms with Crippen LogP contribution >= 0.6 is 0 Å². The van der Waals surface area contributed by atoms with E-state index < -0.39 is 16.4 Å². The van der Waals surface area contributed by atoms with Crippen LogP contribution in [-0.2, 0) is 10.4 Å². The van der Waals surface area contributed by atoms with Crippen LogP contribution in [0.1, 0.15) is 10.4 Å². The van der Waals surface area contributed by atoms with Crippen molar-refractivity contribution in [2.45, 2.75) is 0 Å². The second-order valence-electron chi connectivity index (χ2n) is 2.12. The minimum atomic E-state index is -4.67. The molecule has 0 saturated carbocycles. The van der Waals surface area contributed by atoms with Crippen LogP contribution in [0, 0.1) is 0 Å². The number of aromatic carboxylic acids is 1. The van der Waals surface area contributed by atoms with Crippen molar-refractivity contribution >= 4 is 45.9 Å². The van der Waals surface area contributed by atoms with E-state index in [0.717, 1.165) is 0 Å². The summed E-state index contributed by atoms with van der Waals surface area (Å²) in [6, 6.07) is 8.30. The van der Waals surface area contributed by atoms with Crippen molar-refractivity contribution in [1.29, 1.82) is 0 Å². The number of rotatable bonds is 1. The van der Waals surface area contributed by atoms with Crippen LogP contribution in [0.4, 0.5) is 0 Å². The van der Waals surface area contributed by atoms with Crippen molar-refractivity contribution in [1.82, 2.24) is 0 Å². The molecule has 0 radical (unpaired) electrons. The molecule has 0 saturated heterocycles. The van der Waals surface area contributed by atoms with Gasteiger partial charge in [-0.15, -0.1) is 0 Å². The summed E-state index contributed by atoms with van der Waals surface area (Å²) in [5, 5.41) is 8.38. The van der Waals surface area contributed by atoms with Gasteiger partial charge in [-0.3, -0.25) is 9.11 Å². The van der Waals surface area contributed by atoms with Crippen molar-refractivity contribution in [3.63, 3.8) is 0 Å². The number of hydrogen-bond donors (Lipinski definition) is 3. The number of carbonyl (C=O) groups is 1. The van der Waals surface area contributed by atoms with Gasteiger partial charge in [-0.25, -0.2) is 4.79 Å². The van der Waals surface area contributed by atoms with E-state index in [-0.39, 0.29) is 29.6 Å². The Hall–Kier alpha value is -0.440. The van der Waals surface area contributed by atoms with Crippen LogP contribution in [0.25, 0.3) is 0 Å². The molecule has 0 amide bonds. The van der Waals surface area contributed by atoms with Gasteiger partial charge in [0.25, 0.3) is 0 Å². The number of benzene rings is 1. The van der Waals surface area contributed by atoms with Gasteiger partial charge in [-0.1, -0.05) is 18.2 Å². The molecule has 1 aromatic rings. The van der Waals surface area contributed by atoms with Crippen LogP contribution in [0.3, 0.4) is 0 Å². The van der Waals surface area contributed by atoms with E-state index in [2.05, 4.69) is 0 Å². The molecule has 0 aliphatic rings. The summed E-state index contributed by atoms with van der Waals surface area (Å²) in [4.78, 5) is 10.2. The minimum absolute atomic E-state index is 0. The molecule has 0 heterocycles. The van der Waals surface area contributed by atoms with Crippen LogP contribution in [0.2, 0.25) is 0 Å². The molecular formula is C7H9NaO6S. The van der Waals surface area contributed by atoms with Crippen LogP contribution < -0.4 is 0 Å². The van der Waals surface area contributed by atoms with Gasteiger partial charge in [-0.05, 0) is 12.1 Å². The summed E-state index contributed by atoms with van der Waals surface area (Å²) >= 11 is 0. The monoisotopic (exact) mass is 244 g/mol. The third kappa shape index (κ3) is 13.6. The molecule has 1 rings (SSSR count). The topological polar surface area (TPSA) is 112 Å². The van der Waals surface area contributed by atoms with Crippen molar-refractivity contribution in [2.75, 3.05) is 0 Å². The van der Waals surface area contributed by atoms with Gasteiger partial charge in [-0.2, -0.15) is 8.42 Å². The van der Waals surface area contributed by atoms with Gasteiger partial charge in [0.1, 0.15) is 0 Å². The van der Waals surface area contributed by atoms with Crippen LogP contribution in [0.15, 0.2) is 30.3 Å². The molecule has 80 valence electrons. The first kappa shape index (κ1) is 17.0. The summed E-state index contributed by atoms with van der Waals surface area (Å²) in [5.41, 5.74) is 0.331. The second-order valence-corrected chi connectivity index (χ2v) is 3.01. The first-order chi connectivity index (χ1) is 6.30. The van der Waals surface area contributed by atoms with E-state index in [4.69, 9.17) is 22.6 Å². The fraction of sp³-hybridized carbons (Fsp3) is 0. The van der Waals surface area contributed by atoms with E-state index in [9.17, 15) is 4.79 Å². The first-order valence-corrected chi connectivity index (χ1v) is 4.68. The summed E-state index contributed by atoms with van der Waals surface area (Å²) in [6.07, 6.45) is 0. The van der Waals surface area contributed by atoms with Gasteiger partial charge in [0, 0.05) is 0 Å². The third-order valence-corrected chi connectivity index (χ3v) is 1.02. The molecule has 0 aliphatic heterocycles. The zero-order valence-electron chi connectivity index (χ0n) is 6.86. The average Bonchev–Trinajstić information content (AvgIpc) is 2.03. The van der Waals surface area contributed by atoms with Crippen LogP contribution in [0.5, 0.6) is 0 Å². The second kappa shape index (κ2) is 7.80. The number of hydrogen-bond acceptors (Lipinski definition) is 3. The normalized spacial score (nSPS) is 9.20. The predicted octanol–water partition coefficient (Wildman–Crippen LogP) is 0.0835. The average molecular weight is 244 g/mol. The zero-order chi connectivity index (χ0) is 11.2. The van der Waals surface area contributed by atoms with Crippen molar-refractivity contribution in [3.8, 4) is 0 Å². The van der Waals surface area contributed by atoms with Crippen LogP contribution in [-0.4, -0.2) is 58.2 Å². The fourth-order valence-electron chi connectivity index (χ4n) is 0.581. The molecule has 0 unspecified atom stereocenters. The molecule has 0 atom stereocenters. The van der Waals surface area contributed by atoms with Gasteiger partial charge >= 0.3 is 45.9 Å². The van der Waals surface area contributed by atoms with Crippen molar-refractivity contribution < 1.29 is 27.4 Å². The van der Waals surface area contributed by atoms with E-state index in [1.165, 1.54) is 0 Å². The molecule has 15 heavy (non-hydrogen) atoms. The number of carboxylic acid groups (broad SMARTS) is 1.